The Bertz CT molecular complexity index is 437. The number of rotatable bonds is 7. The first kappa shape index (κ1) is 42.6. The van der Waals surface area contributed by atoms with Gasteiger partial charge in [0.25, 0.3) is 0 Å². The summed E-state index contributed by atoms with van der Waals surface area (Å²) in [4.78, 5) is 55.9. The smallest absolute Gasteiger partial charge is 0.322 e. The average Bonchev–Trinajstić information content (AvgIpc) is 2.74. The van der Waals surface area contributed by atoms with Crippen LogP contribution in [0.4, 0.5) is 0 Å². The van der Waals surface area contributed by atoms with Gasteiger partial charge in [0.2, 0.25) is 0 Å². The van der Waals surface area contributed by atoms with Crippen LogP contribution in [0.15, 0.2) is 0 Å². The average molecular weight is 480 g/mol. The van der Waals surface area contributed by atoms with E-state index >= 15 is 0 Å². The summed E-state index contributed by atoms with van der Waals surface area (Å²) in [6.45, 7) is -1.89. The number of aliphatic hydroxyl groups excluding tert-OH is 1. The summed E-state index contributed by atoms with van der Waals surface area (Å²) in [6.07, 6.45) is 0. The molecular formula is C13H32N6O13. The van der Waals surface area contributed by atoms with Gasteiger partial charge >= 0.3 is 35.8 Å². The third kappa shape index (κ3) is 110. The molecule has 0 unspecified atom stereocenters. The quantitative estimate of drug-likeness (QED) is 0.161. The molecule has 0 aromatic carbocycles. The molecular weight excluding hydrogens is 448 g/mol. The Hall–Kier alpha value is -3.46. The lowest BCUT2D eigenvalue weighted by Crippen LogP contribution is -2.33. The van der Waals surface area contributed by atoms with Crippen LogP contribution in [0.3, 0.4) is 0 Å². The number of aliphatic carboxylic acids is 6. The highest BCUT2D eigenvalue weighted by Gasteiger charge is 2.07. The van der Waals surface area contributed by atoms with Gasteiger partial charge < -0.3 is 70.1 Å². The maximum Gasteiger partial charge on any atom is 0.322 e. The normalized spacial score (nSPS) is 8.72. The van der Waals surface area contributed by atoms with Gasteiger partial charge in [0, 0.05) is 0 Å². The summed E-state index contributed by atoms with van der Waals surface area (Å²) < 4.78 is 0. The Labute approximate surface area is 181 Å². The van der Waals surface area contributed by atoms with E-state index in [1.165, 1.54) is 0 Å². The van der Waals surface area contributed by atoms with Gasteiger partial charge in [0.15, 0.2) is 0 Å². The molecule has 19 nitrogen and oxygen atoms in total. The highest BCUT2D eigenvalue weighted by molar-refractivity contribution is 5.73. The van der Waals surface area contributed by atoms with Crippen molar-refractivity contribution in [3.05, 3.63) is 0 Å². The van der Waals surface area contributed by atoms with Crippen molar-refractivity contribution in [2.45, 2.75) is 6.04 Å². The summed E-state index contributed by atoms with van der Waals surface area (Å²) in [5.41, 5.74) is 27.6. The van der Waals surface area contributed by atoms with Gasteiger partial charge in [-0.1, -0.05) is 0 Å². The molecule has 0 aromatic heterocycles. The highest BCUT2D eigenvalue weighted by Crippen LogP contribution is 1.71. The van der Waals surface area contributed by atoms with Crippen LogP contribution in [-0.2, 0) is 28.8 Å². The van der Waals surface area contributed by atoms with E-state index < -0.39 is 48.5 Å². The Morgan fingerprint density at radius 1 is 0.500 bits per heavy atom. The van der Waals surface area contributed by atoms with Crippen LogP contribution in [0.1, 0.15) is 0 Å². The minimum absolute atomic E-state index is 0.278. The van der Waals surface area contributed by atoms with Crippen molar-refractivity contribution in [1.82, 2.24) is 0 Å². The van der Waals surface area contributed by atoms with Gasteiger partial charge in [0.1, 0.15) is 6.04 Å². The maximum absolute atomic E-state index is 9.65. The minimum Gasteiger partial charge on any atom is -0.480 e. The minimum atomic E-state index is -1.18. The van der Waals surface area contributed by atoms with E-state index in [-0.39, 0.29) is 32.7 Å². The molecule has 0 spiro atoms. The van der Waals surface area contributed by atoms with Crippen LogP contribution in [0, 0.1) is 0 Å². The number of hydrogen-bond donors (Lipinski definition) is 13. The van der Waals surface area contributed by atoms with E-state index in [1.54, 1.807) is 0 Å². The van der Waals surface area contributed by atoms with Gasteiger partial charge in [0.05, 0.1) is 39.3 Å². The van der Waals surface area contributed by atoms with Crippen molar-refractivity contribution in [2.75, 3.05) is 39.3 Å². The SMILES string of the molecule is NCC(=O)O.NCC(=O)O.NCC(=O)O.NCC(=O)O.NCC(=O)O.N[C@@H](CO)C(=O)O. The lowest BCUT2D eigenvalue weighted by Gasteiger charge is -1.96. The summed E-state index contributed by atoms with van der Waals surface area (Å²) in [7, 11) is 0. The zero-order valence-electron chi connectivity index (χ0n) is 16.9. The Kier molecular flexibility index (Phi) is 46.6. The highest BCUT2D eigenvalue weighted by atomic mass is 16.4. The summed E-state index contributed by atoms with van der Waals surface area (Å²) in [6, 6.07) is -1.13. The van der Waals surface area contributed by atoms with E-state index in [0.29, 0.717) is 0 Å². The van der Waals surface area contributed by atoms with E-state index in [2.05, 4.69) is 28.7 Å². The van der Waals surface area contributed by atoms with E-state index in [9.17, 15) is 28.8 Å². The summed E-state index contributed by atoms with van der Waals surface area (Å²) >= 11 is 0. The first-order valence-electron chi connectivity index (χ1n) is 7.72. The van der Waals surface area contributed by atoms with Crippen molar-refractivity contribution in [1.29, 1.82) is 0 Å². The van der Waals surface area contributed by atoms with Crippen LogP contribution < -0.4 is 34.4 Å². The number of carbonyl (C=O) groups is 6. The molecule has 0 heterocycles. The van der Waals surface area contributed by atoms with Gasteiger partial charge in [-0.05, 0) is 0 Å². The molecule has 0 aliphatic carbocycles. The Balaban J connectivity index is -0.0000000637. The molecule has 0 radical (unpaired) electrons. The molecule has 1 atom stereocenters. The van der Waals surface area contributed by atoms with Crippen LogP contribution in [-0.4, -0.2) is 117 Å². The molecule has 0 fully saturated rings. The second-order valence-electron chi connectivity index (χ2n) is 4.12. The second-order valence-corrected chi connectivity index (χ2v) is 4.12. The third-order valence-corrected chi connectivity index (χ3v) is 1.39. The largest absolute Gasteiger partial charge is 0.480 e. The molecule has 0 saturated heterocycles. The van der Waals surface area contributed by atoms with Gasteiger partial charge in [-0.15, -0.1) is 0 Å². The topological polar surface area (TPSA) is 400 Å². The fourth-order valence-electron chi connectivity index (χ4n) is 0.0781. The fraction of sp³-hybridized carbons (Fsp3) is 0.538. The van der Waals surface area contributed by atoms with Crippen molar-refractivity contribution in [2.24, 2.45) is 34.4 Å². The molecule has 0 aliphatic heterocycles. The fourth-order valence-corrected chi connectivity index (χ4v) is 0.0781. The lowest BCUT2D eigenvalue weighted by atomic mass is 10.3. The Morgan fingerprint density at radius 3 is 0.625 bits per heavy atom. The summed E-state index contributed by atoms with van der Waals surface area (Å²) in [5, 5.41) is 53.9. The first-order valence-corrected chi connectivity index (χ1v) is 7.72. The third-order valence-electron chi connectivity index (χ3n) is 1.39. The molecule has 0 aromatic rings. The van der Waals surface area contributed by atoms with Crippen molar-refractivity contribution in [3.8, 4) is 0 Å². The molecule has 32 heavy (non-hydrogen) atoms. The van der Waals surface area contributed by atoms with Crippen LogP contribution >= 0.6 is 0 Å². The molecule has 0 amide bonds. The monoisotopic (exact) mass is 480 g/mol. The number of nitrogens with two attached hydrogens (primary N) is 6. The number of aliphatic hydroxyl groups is 1. The van der Waals surface area contributed by atoms with Crippen LogP contribution in [0.5, 0.6) is 0 Å². The zero-order chi connectivity index (χ0) is 27.3. The maximum atomic E-state index is 9.65. The first-order chi connectivity index (χ1) is 14.5. The van der Waals surface area contributed by atoms with Crippen molar-refractivity contribution >= 4 is 35.8 Å². The zero-order valence-corrected chi connectivity index (χ0v) is 16.9. The number of carboxylic acids is 6. The molecule has 19 N–H and O–H groups in total. The van der Waals surface area contributed by atoms with E-state index in [1.807, 2.05) is 0 Å². The van der Waals surface area contributed by atoms with Crippen LogP contribution in [0.2, 0.25) is 0 Å². The molecule has 0 aliphatic rings. The lowest BCUT2D eigenvalue weighted by molar-refractivity contribution is -0.140. The van der Waals surface area contributed by atoms with Gasteiger partial charge in [-0.2, -0.15) is 0 Å². The van der Waals surface area contributed by atoms with Gasteiger partial charge in [-0.25, -0.2) is 0 Å². The molecule has 0 saturated carbocycles. The van der Waals surface area contributed by atoms with Crippen molar-refractivity contribution < 1.29 is 64.5 Å². The molecule has 0 rings (SSSR count). The van der Waals surface area contributed by atoms with Crippen LogP contribution in [0.25, 0.3) is 0 Å². The predicted octanol–water partition coefficient (Wildman–Crippen LogP) is -6.46. The van der Waals surface area contributed by atoms with Gasteiger partial charge in [-0.3, -0.25) is 28.8 Å². The molecule has 0 bridgehead atoms. The second kappa shape index (κ2) is 35.0. The Morgan fingerprint density at radius 2 is 0.625 bits per heavy atom. The van der Waals surface area contributed by atoms with E-state index in [0.717, 1.165) is 0 Å². The number of hydrogen-bond acceptors (Lipinski definition) is 13. The van der Waals surface area contributed by atoms with E-state index in [4.69, 9.17) is 41.5 Å². The predicted molar refractivity (Wildman–Crippen MR) is 106 cm³/mol. The molecule has 192 valence electrons. The number of carboxylic acid groups (broad SMARTS) is 6. The van der Waals surface area contributed by atoms with Crippen molar-refractivity contribution in [3.63, 3.8) is 0 Å². The standard InChI is InChI=1S/C3H7NO3.5C2H5NO2/c4-2(1-5)3(6)7;5*3-1-2(4)5/h2,5H,1,4H2,(H,6,7);5*1,3H2,(H,4,5)/t2-;;;;;/m0...../s1. The summed E-state index contributed by atoms with van der Waals surface area (Å²) in [5.74, 6) is -6.02. The molecule has 19 heteroatoms.